The zero-order valence-electron chi connectivity index (χ0n) is 11.3. The van der Waals surface area contributed by atoms with Crippen molar-refractivity contribution in [1.82, 2.24) is 10.9 Å². The molecule has 0 heterocycles. The molecule has 0 aliphatic carbocycles. The SMILES string of the molecule is Cc1ccc(NC(=S)NNC(=O)c2ccccc2Cl)cc1. The number of hydrogen-bond donors (Lipinski definition) is 3. The second-order valence-corrected chi connectivity index (χ2v) is 5.19. The Labute approximate surface area is 133 Å². The second-order valence-electron chi connectivity index (χ2n) is 4.38. The van der Waals surface area contributed by atoms with E-state index in [0.717, 1.165) is 11.3 Å². The summed E-state index contributed by atoms with van der Waals surface area (Å²) in [6, 6.07) is 14.5. The van der Waals surface area contributed by atoms with Crippen LogP contribution in [0.25, 0.3) is 0 Å². The first kappa shape index (κ1) is 15.3. The van der Waals surface area contributed by atoms with E-state index < -0.39 is 0 Å². The second kappa shape index (κ2) is 7.06. The number of halogens is 1. The maximum Gasteiger partial charge on any atom is 0.271 e. The Morgan fingerprint density at radius 2 is 1.71 bits per heavy atom. The van der Waals surface area contributed by atoms with Crippen molar-refractivity contribution in [3.8, 4) is 0 Å². The van der Waals surface area contributed by atoms with Gasteiger partial charge in [0.25, 0.3) is 5.91 Å². The van der Waals surface area contributed by atoms with Crippen molar-refractivity contribution in [2.45, 2.75) is 6.92 Å². The van der Waals surface area contributed by atoms with E-state index in [1.807, 2.05) is 31.2 Å². The minimum Gasteiger partial charge on any atom is -0.331 e. The van der Waals surface area contributed by atoms with E-state index >= 15 is 0 Å². The zero-order valence-corrected chi connectivity index (χ0v) is 12.9. The van der Waals surface area contributed by atoms with Crippen molar-refractivity contribution in [3.05, 3.63) is 64.7 Å². The van der Waals surface area contributed by atoms with Crippen molar-refractivity contribution < 1.29 is 4.79 Å². The summed E-state index contributed by atoms with van der Waals surface area (Å²) in [4.78, 5) is 11.9. The third kappa shape index (κ3) is 4.44. The molecule has 4 nitrogen and oxygen atoms in total. The van der Waals surface area contributed by atoms with Gasteiger partial charge in [-0.2, -0.15) is 0 Å². The number of hydrazine groups is 1. The third-order valence-electron chi connectivity index (χ3n) is 2.72. The van der Waals surface area contributed by atoms with Gasteiger partial charge >= 0.3 is 0 Å². The first-order valence-corrected chi connectivity index (χ1v) is 7.03. The molecule has 0 aromatic heterocycles. The van der Waals surface area contributed by atoms with E-state index in [2.05, 4.69) is 16.2 Å². The summed E-state index contributed by atoms with van der Waals surface area (Å²) in [5.74, 6) is -0.353. The molecule has 0 radical (unpaired) electrons. The number of hydrogen-bond acceptors (Lipinski definition) is 2. The summed E-state index contributed by atoms with van der Waals surface area (Å²) >= 11 is 11.0. The molecule has 0 atom stereocenters. The van der Waals surface area contributed by atoms with Gasteiger partial charge in [-0.1, -0.05) is 41.4 Å². The summed E-state index contributed by atoms with van der Waals surface area (Å²) < 4.78 is 0. The van der Waals surface area contributed by atoms with Crippen LogP contribution in [0.4, 0.5) is 5.69 Å². The van der Waals surface area contributed by atoms with E-state index in [0.29, 0.717) is 15.7 Å². The lowest BCUT2D eigenvalue weighted by Gasteiger charge is -2.12. The van der Waals surface area contributed by atoms with E-state index in [4.69, 9.17) is 23.8 Å². The Hall–Kier alpha value is -2.11. The minimum atomic E-state index is -0.353. The van der Waals surface area contributed by atoms with Crippen LogP contribution in [0, 0.1) is 6.92 Å². The Morgan fingerprint density at radius 1 is 1.05 bits per heavy atom. The summed E-state index contributed by atoms with van der Waals surface area (Å²) in [7, 11) is 0. The largest absolute Gasteiger partial charge is 0.331 e. The van der Waals surface area contributed by atoms with E-state index in [-0.39, 0.29) is 5.91 Å². The topological polar surface area (TPSA) is 53.2 Å². The summed E-state index contributed by atoms with van der Waals surface area (Å²) in [5, 5.41) is 3.64. The number of thiocarbonyl (C=S) groups is 1. The molecule has 0 saturated heterocycles. The van der Waals surface area contributed by atoms with E-state index in [1.54, 1.807) is 24.3 Å². The molecule has 0 saturated carbocycles. The molecular weight excluding hydrogens is 306 g/mol. The Morgan fingerprint density at radius 3 is 2.38 bits per heavy atom. The van der Waals surface area contributed by atoms with E-state index in [1.165, 1.54) is 0 Å². The highest BCUT2D eigenvalue weighted by Gasteiger charge is 2.09. The van der Waals surface area contributed by atoms with Crippen molar-refractivity contribution in [2.24, 2.45) is 0 Å². The average Bonchev–Trinajstić information content (AvgIpc) is 2.48. The van der Waals surface area contributed by atoms with Crippen LogP contribution < -0.4 is 16.2 Å². The predicted octanol–water partition coefficient (Wildman–Crippen LogP) is 3.28. The Bertz CT molecular complexity index is 658. The molecule has 6 heteroatoms. The molecule has 0 spiro atoms. The van der Waals surface area contributed by atoms with Gasteiger partial charge in [0.15, 0.2) is 5.11 Å². The zero-order chi connectivity index (χ0) is 15.2. The maximum atomic E-state index is 11.9. The fraction of sp³-hybridized carbons (Fsp3) is 0.0667. The van der Waals surface area contributed by atoms with Gasteiger partial charge in [0.05, 0.1) is 10.6 Å². The van der Waals surface area contributed by atoms with Gasteiger partial charge in [-0.3, -0.25) is 15.6 Å². The highest BCUT2D eigenvalue weighted by atomic mass is 35.5. The van der Waals surface area contributed by atoms with Gasteiger partial charge in [0, 0.05) is 5.69 Å². The van der Waals surface area contributed by atoms with Gasteiger partial charge < -0.3 is 5.32 Å². The van der Waals surface area contributed by atoms with Crippen LogP contribution in [0.1, 0.15) is 15.9 Å². The molecule has 0 aliphatic rings. The lowest BCUT2D eigenvalue weighted by atomic mass is 10.2. The monoisotopic (exact) mass is 319 g/mol. The fourth-order valence-corrected chi connectivity index (χ4v) is 2.02. The lowest BCUT2D eigenvalue weighted by molar-refractivity contribution is 0.0944. The van der Waals surface area contributed by atoms with Crippen molar-refractivity contribution in [3.63, 3.8) is 0 Å². The summed E-state index contributed by atoms with van der Waals surface area (Å²) in [6.45, 7) is 2.00. The highest BCUT2D eigenvalue weighted by Crippen LogP contribution is 2.14. The van der Waals surface area contributed by atoms with Crippen molar-refractivity contribution in [1.29, 1.82) is 0 Å². The van der Waals surface area contributed by atoms with Crippen LogP contribution in [0.5, 0.6) is 0 Å². The minimum absolute atomic E-state index is 0.291. The molecule has 2 rings (SSSR count). The lowest BCUT2D eigenvalue weighted by Crippen LogP contribution is -2.43. The molecule has 0 bridgehead atoms. The summed E-state index contributed by atoms with van der Waals surface area (Å²) in [5.41, 5.74) is 7.50. The molecule has 0 fully saturated rings. The number of carbonyl (C=O) groups excluding carboxylic acids is 1. The van der Waals surface area contributed by atoms with Gasteiger partial charge in [0.2, 0.25) is 0 Å². The number of aryl methyl sites for hydroxylation is 1. The predicted molar refractivity (Wildman–Crippen MR) is 89.5 cm³/mol. The number of anilines is 1. The maximum absolute atomic E-state index is 11.9. The number of amides is 1. The summed E-state index contributed by atoms with van der Waals surface area (Å²) in [6.07, 6.45) is 0. The van der Waals surface area contributed by atoms with Crippen LogP contribution >= 0.6 is 23.8 Å². The molecule has 0 unspecified atom stereocenters. The molecule has 2 aromatic carbocycles. The standard InChI is InChI=1S/C15H14ClN3OS/c1-10-6-8-11(9-7-10)17-15(21)19-18-14(20)12-4-2-3-5-13(12)16/h2-9H,1H3,(H,18,20)(H2,17,19,21). The fourth-order valence-electron chi connectivity index (χ4n) is 1.63. The average molecular weight is 320 g/mol. The number of nitrogens with one attached hydrogen (secondary N) is 3. The number of rotatable bonds is 2. The van der Waals surface area contributed by atoms with Crippen molar-refractivity contribution in [2.75, 3.05) is 5.32 Å². The molecule has 1 amide bonds. The first-order chi connectivity index (χ1) is 10.1. The van der Waals surface area contributed by atoms with Crippen LogP contribution in [0.2, 0.25) is 5.02 Å². The molecule has 3 N–H and O–H groups in total. The van der Waals surface area contributed by atoms with Crippen LogP contribution in [-0.4, -0.2) is 11.0 Å². The van der Waals surface area contributed by atoms with Gasteiger partial charge in [0.1, 0.15) is 0 Å². The number of carbonyl (C=O) groups is 1. The Balaban J connectivity index is 1.88. The molecule has 21 heavy (non-hydrogen) atoms. The molecule has 108 valence electrons. The molecular formula is C15H14ClN3OS. The smallest absolute Gasteiger partial charge is 0.271 e. The molecule has 0 aliphatic heterocycles. The van der Waals surface area contributed by atoms with E-state index in [9.17, 15) is 4.79 Å². The third-order valence-corrected chi connectivity index (χ3v) is 3.25. The highest BCUT2D eigenvalue weighted by molar-refractivity contribution is 7.80. The van der Waals surface area contributed by atoms with Crippen LogP contribution in [-0.2, 0) is 0 Å². The van der Waals surface area contributed by atoms with Gasteiger partial charge in [-0.15, -0.1) is 0 Å². The van der Waals surface area contributed by atoms with Crippen LogP contribution in [0.3, 0.4) is 0 Å². The Kier molecular flexibility index (Phi) is 5.14. The van der Waals surface area contributed by atoms with Crippen molar-refractivity contribution >= 4 is 40.5 Å². The van der Waals surface area contributed by atoms with Crippen LogP contribution in [0.15, 0.2) is 48.5 Å². The first-order valence-electron chi connectivity index (χ1n) is 6.25. The quantitative estimate of drug-likeness (QED) is 0.587. The molecule has 2 aromatic rings. The van der Waals surface area contributed by atoms with Gasteiger partial charge in [-0.05, 0) is 43.4 Å². The van der Waals surface area contributed by atoms with Gasteiger partial charge in [-0.25, -0.2) is 0 Å². The number of benzene rings is 2. The normalized spacial score (nSPS) is 9.81.